The maximum Gasteiger partial charge on any atom is 0.319 e. The molecule has 28 heavy (non-hydrogen) atoms. The molecule has 0 bridgehead atoms. The predicted octanol–water partition coefficient (Wildman–Crippen LogP) is 3.64. The molecule has 0 aliphatic heterocycles. The molecule has 2 N–H and O–H groups in total. The summed E-state index contributed by atoms with van der Waals surface area (Å²) in [6.07, 6.45) is 5.47. The summed E-state index contributed by atoms with van der Waals surface area (Å²) in [6, 6.07) is 13.8. The molecule has 0 spiro atoms. The van der Waals surface area contributed by atoms with Crippen LogP contribution in [0, 0.1) is 0 Å². The second-order valence-corrected chi connectivity index (χ2v) is 7.46. The molecule has 3 aromatic rings. The third kappa shape index (κ3) is 3.78. The SMILES string of the molecule is C[C@H](CNC(=O)Nc1ccc2nnc(C3CCC3)n2c1)N(C)c1ccccc1. The molecule has 1 aliphatic carbocycles. The minimum absolute atomic E-state index is 0.165. The van der Waals surface area contributed by atoms with E-state index >= 15 is 0 Å². The number of hydrogen-bond donors (Lipinski definition) is 2. The Balaban J connectivity index is 1.35. The Kier molecular flexibility index (Phi) is 5.14. The summed E-state index contributed by atoms with van der Waals surface area (Å²) >= 11 is 0. The van der Waals surface area contributed by atoms with E-state index < -0.39 is 0 Å². The fourth-order valence-corrected chi connectivity index (χ4v) is 3.40. The van der Waals surface area contributed by atoms with Gasteiger partial charge in [-0.1, -0.05) is 24.6 Å². The van der Waals surface area contributed by atoms with E-state index in [1.165, 1.54) is 6.42 Å². The van der Waals surface area contributed by atoms with Crippen molar-refractivity contribution in [2.45, 2.75) is 38.1 Å². The van der Waals surface area contributed by atoms with Crippen molar-refractivity contribution in [3.63, 3.8) is 0 Å². The van der Waals surface area contributed by atoms with Crippen molar-refractivity contribution in [3.8, 4) is 0 Å². The van der Waals surface area contributed by atoms with Crippen molar-refractivity contribution in [2.24, 2.45) is 0 Å². The monoisotopic (exact) mass is 378 g/mol. The first-order valence-corrected chi connectivity index (χ1v) is 9.79. The van der Waals surface area contributed by atoms with Gasteiger partial charge in [-0.15, -0.1) is 10.2 Å². The lowest BCUT2D eigenvalue weighted by Crippen LogP contribution is -2.41. The number of urea groups is 1. The van der Waals surface area contributed by atoms with Crippen LogP contribution in [0.4, 0.5) is 16.2 Å². The molecular formula is C21H26N6O. The zero-order chi connectivity index (χ0) is 19.5. The first kappa shape index (κ1) is 18.3. The van der Waals surface area contributed by atoms with Crippen LogP contribution in [0.5, 0.6) is 0 Å². The summed E-state index contributed by atoms with van der Waals surface area (Å²) in [7, 11) is 2.03. The number of carbonyl (C=O) groups excluding carboxylic acids is 1. The number of carbonyl (C=O) groups is 1. The maximum atomic E-state index is 12.4. The number of fused-ring (bicyclic) bond motifs is 1. The van der Waals surface area contributed by atoms with E-state index in [2.05, 4.69) is 44.8 Å². The van der Waals surface area contributed by atoms with Gasteiger partial charge in [0, 0.05) is 37.4 Å². The molecule has 0 unspecified atom stereocenters. The Hall–Kier alpha value is -3.09. The summed E-state index contributed by atoms with van der Waals surface area (Å²) in [5, 5.41) is 14.4. The molecule has 2 heterocycles. The summed E-state index contributed by atoms with van der Waals surface area (Å²) in [4.78, 5) is 14.5. The van der Waals surface area contributed by atoms with Gasteiger partial charge >= 0.3 is 6.03 Å². The number of nitrogens with one attached hydrogen (secondary N) is 2. The van der Waals surface area contributed by atoms with Gasteiger partial charge in [0.15, 0.2) is 5.65 Å². The molecule has 1 saturated carbocycles. The lowest BCUT2D eigenvalue weighted by Gasteiger charge is -2.27. The number of benzene rings is 1. The molecule has 1 aliphatic rings. The van der Waals surface area contributed by atoms with Crippen LogP contribution in [0.2, 0.25) is 0 Å². The van der Waals surface area contributed by atoms with Crippen LogP contribution in [0.25, 0.3) is 5.65 Å². The molecule has 1 aromatic carbocycles. The Morgan fingerprint density at radius 2 is 2.00 bits per heavy atom. The third-order valence-electron chi connectivity index (χ3n) is 5.54. The Morgan fingerprint density at radius 3 is 2.71 bits per heavy atom. The van der Waals surface area contributed by atoms with E-state index in [0.717, 1.165) is 35.7 Å². The highest BCUT2D eigenvalue weighted by molar-refractivity contribution is 5.89. The number of nitrogens with zero attached hydrogens (tertiary/aromatic N) is 4. The summed E-state index contributed by atoms with van der Waals surface area (Å²) in [5.74, 6) is 1.47. The number of anilines is 2. The van der Waals surface area contributed by atoms with Gasteiger partial charge < -0.3 is 15.5 Å². The van der Waals surface area contributed by atoms with E-state index in [-0.39, 0.29) is 12.1 Å². The van der Waals surface area contributed by atoms with Crippen LogP contribution in [-0.4, -0.2) is 40.3 Å². The first-order valence-electron chi connectivity index (χ1n) is 9.79. The fourth-order valence-electron chi connectivity index (χ4n) is 3.40. The van der Waals surface area contributed by atoms with Crippen LogP contribution in [0.1, 0.15) is 37.9 Å². The van der Waals surface area contributed by atoms with Crippen molar-refractivity contribution >= 4 is 23.1 Å². The summed E-state index contributed by atoms with van der Waals surface area (Å²) < 4.78 is 1.99. The highest BCUT2D eigenvalue weighted by Crippen LogP contribution is 2.35. The van der Waals surface area contributed by atoms with E-state index in [4.69, 9.17) is 0 Å². The standard InChI is InChI=1S/C21H26N6O/c1-15(26(2)18-9-4-3-5-10-18)13-22-21(28)23-17-11-12-19-24-25-20(27(19)14-17)16-7-6-8-16/h3-5,9-12,14-16H,6-8,13H2,1-2H3,(H2,22,23,28)/t15-/m1/s1. The molecule has 1 fully saturated rings. The second-order valence-electron chi connectivity index (χ2n) is 7.46. The van der Waals surface area contributed by atoms with Crippen molar-refractivity contribution in [3.05, 3.63) is 54.5 Å². The van der Waals surface area contributed by atoms with Crippen molar-refractivity contribution in [2.75, 3.05) is 23.8 Å². The van der Waals surface area contributed by atoms with Crippen LogP contribution < -0.4 is 15.5 Å². The summed E-state index contributed by atoms with van der Waals surface area (Å²) in [6.45, 7) is 2.63. The molecule has 2 aromatic heterocycles. The van der Waals surface area contributed by atoms with Gasteiger partial charge in [0.2, 0.25) is 0 Å². The molecule has 7 heteroatoms. The largest absolute Gasteiger partial charge is 0.370 e. The zero-order valence-electron chi connectivity index (χ0n) is 16.3. The molecule has 4 rings (SSSR count). The number of rotatable bonds is 6. The number of pyridine rings is 1. The number of hydrogen-bond acceptors (Lipinski definition) is 4. The lowest BCUT2D eigenvalue weighted by molar-refractivity contribution is 0.251. The average molecular weight is 378 g/mol. The minimum atomic E-state index is -0.217. The van der Waals surface area contributed by atoms with E-state index in [0.29, 0.717) is 12.5 Å². The molecule has 0 radical (unpaired) electrons. The fraction of sp³-hybridized carbons (Fsp3) is 0.381. The van der Waals surface area contributed by atoms with Gasteiger partial charge in [-0.05, 0) is 44.0 Å². The zero-order valence-corrected chi connectivity index (χ0v) is 16.3. The molecular weight excluding hydrogens is 352 g/mol. The molecule has 7 nitrogen and oxygen atoms in total. The van der Waals surface area contributed by atoms with E-state index in [1.807, 2.05) is 48.0 Å². The molecule has 2 amide bonds. The van der Waals surface area contributed by atoms with Gasteiger partial charge in [0.05, 0.1) is 5.69 Å². The summed E-state index contributed by atoms with van der Waals surface area (Å²) in [5.41, 5.74) is 2.67. The molecule has 0 saturated heterocycles. The quantitative estimate of drug-likeness (QED) is 0.687. The van der Waals surface area contributed by atoms with Crippen molar-refractivity contribution in [1.82, 2.24) is 19.9 Å². The van der Waals surface area contributed by atoms with Gasteiger partial charge in [-0.3, -0.25) is 4.40 Å². The lowest BCUT2D eigenvalue weighted by atomic mass is 9.85. The number of amides is 2. The minimum Gasteiger partial charge on any atom is -0.370 e. The topological polar surface area (TPSA) is 74.6 Å². The molecule has 1 atom stereocenters. The van der Waals surface area contributed by atoms with Crippen LogP contribution >= 0.6 is 0 Å². The third-order valence-corrected chi connectivity index (χ3v) is 5.54. The van der Waals surface area contributed by atoms with Crippen LogP contribution in [0.15, 0.2) is 48.7 Å². The van der Waals surface area contributed by atoms with Crippen LogP contribution in [0.3, 0.4) is 0 Å². The van der Waals surface area contributed by atoms with Crippen LogP contribution in [-0.2, 0) is 0 Å². The highest BCUT2D eigenvalue weighted by atomic mass is 16.2. The van der Waals surface area contributed by atoms with Crippen molar-refractivity contribution < 1.29 is 4.79 Å². The maximum absolute atomic E-state index is 12.4. The van der Waals surface area contributed by atoms with E-state index in [9.17, 15) is 4.79 Å². The number of aromatic nitrogens is 3. The van der Waals surface area contributed by atoms with Crippen molar-refractivity contribution in [1.29, 1.82) is 0 Å². The second kappa shape index (κ2) is 7.88. The Labute approximate surface area is 164 Å². The number of likely N-dealkylation sites (N-methyl/N-ethyl adjacent to an activating group) is 1. The van der Waals surface area contributed by atoms with E-state index in [1.54, 1.807) is 0 Å². The first-order chi connectivity index (χ1) is 13.6. The van der Waals surface area contributed by atoms with Gasteiger partial charge in [0.25, 0.3) is 0 Å². The Bertz CT molecular complexity index is 950. The van der Waals surface area contributed by atoms with Gasteiger partial charge in [-0.2, -0.15) is 0 Å². The molecule has 146 valence electrons. The smallest absolute Gasteiger partial charge is 0.319 e. The Morgan fingerprint density at radius 1 is 1.21 bits per heavy atom. The normalized spacial score (nSPS) is 15.1. The van der Waals surface area contributed by atoms with Gasteiger partial charge in [0.1, 0.15) is 5.82 Å². The highest BCUT2D eigenvalue weighted by Gasteiger charge is 2.24. The average Bonchev–Trinajstić information content (AvgIpc) is 3.08. The number of para-hydroxylation sites is 1. The predicted molar refractivity (Wildman–Crippen MR) is 111 cm³/mol. The van der Waals surface area contributed by atoms with Gasteiger partial charge in [-0.25, -0.2) is 4.79 Å².